The average Bonchev–Trinajstić information content (AvgIpc) is 3.12. The summed E-state index contributed by atoms with van der Waals surface area (Å²) < 4.78 is 5.76. The van der Waals surface area contributed by atoms with Crippen LogP contribution < -0.4 is 5.32 Å². The quantitative estimate of drug-likeness (QED) is 0.751. The molecule has 2 rings (SSSR count). The van der Waals surface area contributed by atoms with Crippen LogP contribution in [0.5, 0.6) is 0 Å². The van der Waals surface area contributed by atoms with Crippen molar-refractivity contribution in [3.63, 3.8) is 0 Å². The van der Waals surface area contributed by atoms with Gasteiger partial charge in [0.2, 0.25) is 0 Å². The topological polar surface area (TPSA) is 38.3 Å². The Kier molecular flexibility index (Phi) is 5.26. The summed E-state index contributed by atoms with van der Waals surface area (Å²) in [7, 11) is 0. The zero-order valence-electron chi connectivity index (χ0n) is 12.7. The fourth-order valence-corrected chi connectivity index (χ4v) is 3.14. The van der Waals surface area contributed by atoms with Crippen molar-refractivity contribution in [2.75, 3.05) is 6.54 Å². The monoisotopic (exact) mass is 267 g/mol. The Balaban J connectivity index is 1.74. The zero-order chi connectivity index (χ0) is 13.8. The van der Waals surface area contributed by atoms with Crippen molar-refractivity contribution in [2.24, 2.45) is 17.8 Å². The van der Waals surface area contributed by atoms with Crippen LogP contribution in [0, 0.1) is 17.8 Å². The van der Waals surface area contributed by atoms with E-state index >= 15 is 0 Å². The smallest absolute Gasteiger partial charge is 0.307 e. The largest absolute Gasteiger partial charge is 0.462 e. The number of carbonyl (C=O) groups is 1. The van der Waals surface area contributed by atoms with E-state index in [4.69, 9.17) is 4.74 Å². The second-order valence-electron chi connectivity index (χ2n) is 6.83. The van der Waals surface area contributed by atoms with E-state index in [0.29, 0.717) is 30.2 Å². The van der Waals surface area contributed by atoms with Crippen molar-refractivity contribution in [3.8, 4) is 0 Å². The van der Waals surface area contributed by atoms with Gasteiger partial charge in [0.1, 0.15) is 6.10 Å². The highest BCUT2D eigenvalue weighted by Crippen LogP contribution is 2.35. The summed E-state index contributed by atoms with van der Waals surface area (Å²) >= 11 is 0. The zero-order valence-corrected chi connectivity index (χ0v) is 12.7. The molecule has 0 heterocycles. The normalized spacial score (nSPS) is 31.5. The molecule has 3 unspecified atom stereocenters. The molecule has 2 aliphatic rings. The van der Waals surface area contributed by atoms with E-state index in [2.05, 4.69) is 26.1 Å². The maximum Gasteiger partial charge on any atom is 0.307 e. The highest BCUT2D eigenvalue weighted by atomic mass is 16.5. The summed E-state index contributed by atoms with van der Waals surface area (Å²) in [5, 5.41) is 3.37. The van der Waals surface area contributed by atoms with Crippen LogP contribution in [-0.4, -0.2) is 24.7 Å². The molecule has 110 valence electrons. The first-order valence-corrected chi connectivity index (χ1v) is 7.99. The summed E-state index contributed by atoms with van der Waals surface area (Å²) in [5.74, 6) is 1.83. The SMILES string of the molecule is CC1CCC(C(C)C)C(OC(=O)CCNC2CC2)C1. The molecule has 0 bridgehead atoms. The van der Waals surface area contributed by atoms with E-state index in [1.165, 1.54) is 25.7 Å². The predicted molar refractivity (Wildman–Crippen MR) is 76.9 cm³/mol. The van der Waals surface area contributed by atoms with Crippen LogP contribution in [0.15, 0.2) is 0 Å². The molecule has 0 aromatic rings. The van der Waals surface area contributed by atoms with Crippen LogP contribution in [0.4, 0.5) is 0 Å². The van der Waals surface area contributed by atoms with Gasteiger partial charge in [-0.25, -0.2) is 0 Å². The van der Waals surface area contributed by atoms with Gasteiger partial charge in [0.15, 0.2) is 0 Å². The Morgan fingerprint density at radius 2 is 2.00 bits per heavy atom. The van der Waals surface area contributed by atoms with Crippen molar-refractivity contribution in [3.05, 3.63) is 0 Å². The Morgan fingerprint density at radius 3 is 2.63 bits per heavy atom. The minimum Gasteiger partial charge on any atom is -0.462 e. The molecule has 3 atom stereocenters. The van der Waals surface area contributed by atoms with Crippen LogP contribution in [0.25, 0.3) is 0 Å². The summed E-state index contributed by atoms with van der Waals surface area (Å²) in [6.45, 7) is 7.54. The number of hydrogen-bond donors (Lipinski definition) is 1. The van der Waals surface area contributed by atoms with E-state index < -0.39 is 0 Å². The van der Waals surface area contributed by atoms with Gasteiger partial charge in [-0.05, 0) is 43.4 Å². The van der Waals surface area contributed by atoms with Gasteiger partial charge in [-0.2, -0.15) is 0 Å². The average molecular weight is 267 g/mol. The highest BCUT2D eigenvalue weighted by Gasteiger charge is 2.33. The van der Waals surface area contributed by atoms with Crippen LogP contribution in [0.3, 0.4) is 0 Å². The van der Waals surface area contributed by atoms with Gasteiger partial charge in [-0.1, -0.05) is 27.2 Å². The first-order chi connectivity index (χ1) is 9.06. The standard InChI is InChI=1S/C16H29NO2/c1-11(2)14-7-4-12(3)10-15(14)19-16(18)8-9-17-13-5-6-13/h11-15,17H,4-10H2,1-3H3. The van der Waals surface area contributed by atoms with E-state index in [1.54, 1.807) is 0 Å². The second-order valence-corrected chi connectivity index (χ2v) is 6.83. The van der Waals surface area contributed by atoms with Gasteiger partial charge in [0, 0.05) is 12.6 Å². The Labute approximate surface area is 117 Å². The number of nitrogens with one attached hydrogen (secondary N) is 1. The predicted octanol–water partition coefficient (Wildman–Crippen LogP) is 3.13. The van der Waals surface area contributed by atoms with Crippen LogP contribution in [0.1, 0.15) is 59.3 Å². The van der Waals surface area contributed by atoms with E-state index in [1.807, 2.05) is 0 Å². The van der Waals surface area contributed by atoms with Crippen molar-refractivity contribution >= 4 is 5.97 Å². The number of hydrogen-bond acceptors (Lipinski definition) is 3. The van der Waals surface area contributed by atoms with Crippen molar-refractivity contribution < 1.29 is 9.53 Å². The molecule has 0 radical (unpaired) electrons. The number of ether oxygens (including phenoxy) is 1. The van der Waals surface area contributed by atoms with Crippen LogP contribution in [-0.2, 0) is 9.53 Å². The third-order valence-corrected chi connectivity index (χ3v) is 4.58. The molecule has 2 fully saturated rings. The lowest BCUT2D eigenvalue weighted by molar-refractivity contribution is -0.155. The van der Waals surface area contributed by atoms with E-state index in [9.17, 15) is 4.79 Å². The molecule has 0 saturated heterocycles. The lowest BCUT2D eigenvalue weighted by Gasteiger charge is -2.36. The molecular formula is C16H29NO2. The molecule has 2 aliphatic carbocycles. The van der Waals surface area contributed by atoms with Crippen LogP contribution >= 0.6 is 0 Å². The number of esters is 1. The maximum absolute atomic E-state index is 11.9. The molecule has 0 spiro atoms. The third kappa shape index (κ3) is 4.79. The van der Waals surface area contributed by atoms with Gasteiger partial charge in [0.05, 0.1) is 6.42 Å². The molecule has 19 heavy (non-hydrogen) atoms. The number of carbonyl (C=O) groups excluding carboxylic acids is 1. The fraction of sp³-hybridized carbons (Fsp3) is 0.938. The molecule has 2 saturated carbocycles. The first-order valence-electron chi connectivity index (χ1n) is 7.99. The molecule has 0 aliphatic heterocycles. The first kappa shape index (κ1) is 14.8. The summed E-state index contributed by atoms with van der Waals surface area (Å²) in [6, 6.07) is 0.672. The molecule has 0 aromatic heterocycles. The lowest BCUT2D eigenvalue weighted by atomic mass is 9.75. The molecule has 1 N–H and O–H groups in total. The van der Waals surface area contributed by atoms with E-state index in [-0.39, 0.29) is 12.1 Å². The highest BCUT2D eigenvalue weighted by molar-refractivity contribution is 5.69. The van der Waals surface area contributed by atoms with Gasteiger partial charge in [-0.3, -0.25) is 4.79 Å². The molecule has 0 amide bonds. The van der Waals surface area contributed by atoms with Crippen molar-refractivity contribution in [2.45, 2.75) is 71.4 Å². The fourth-order valence-electron chi connectivity index (χ4n) is 3.14. The van der Waals surface area contributed by atoms with Crippen LogP contribution in [0.2, 0.25) is 0 Å². The summed E-state index contributed by atoms with van der Waals surface area (Å²) in [5.41, 5.74) is 0. The third-order valence-electron chi connectivity index (χ3n) is 4.58. The molecule has 3 nitrogen and oxygen atoms in total. The van der Waals surface area contributed by atoms with Gasteiger partial charge in [0.25, 0.3) is 0 Å². The Bertz CT molecular complexity index is 299. The molecule has 3 heteroatoms. The summed E-state index contributed by atoms with van der Waals surface area (Å²) in [6.07, 6.45) is 6.74. The Hall–Kier alpha value is -0.570. The minimum absolute atomic E-state index is 0.0158. The van der Waals surface area contributed by atoms with E-state index in [0.717, 1.165) is 13.0 Å². The minimum atomic E-state index is -0.0158. The molecule has 0 aromatic carbocycles. The Morgan fingerprint density at radius 1 is 1.26 bits per heavy atom. The van der Waals surface area contributed by atoms with Gasteiger partial charge in [-0.15, -0.1) is 0 Å². The van der Waals surface area contributed by atoms with Crippen molar-refractivity contribution in [1.82, 2.24) is 5.32 Å². The number of rotatable bonds is 6. The summed E-state index contributed by atoms with van der Waals surface area (Å²) in [4.78, 5) is 11.9. The van der Waals surface area contributed by atoms with Gasteiger partial charge >= 0.3 is 5.97 Å². The maximum atomic E-state index is 11.9. The molecular weight excluding hydrogens is 238 g/mol. The lowest BCUT2D eigenvalue weighted by Crippen LogP contribution is -2.36. The van der Waals surface area contributed by atoms with Crippen molar-refractivity contribution in [1.29, 1.82) is 0 Å². The second kappa shape index (κ2) is 6.74. The van der Waals surface area contributed by atoms with Gasteiger partial charge < -0.3 is 10.1 Å².